The first-order valence-corrected chi connectivity index (χ1v) is 5.30. The van der Waals surface area contributed by atoms with Gasteiger partial charge in [-0.15, -0.1) is 0 Å². The van der Waals surface area contributed by atoms with Crippen molar-refractivity contribution in [2.45, 2.75) is 11.4 Å². The maximum Gasteiger partial charge on any atom is 0.327 e. The number of esters is 1. The van der Waals surface area contributed by atoms with Crippen molar-refractivity contribution in [2.75, 3.05) is 7.11 Å². The van der Waals surface area contributed by atoms with E-state index in [0.29, 0.717) is 5.33 Å². The van der Waals surface area contributed by atoms with Crippen molar-refractivity contribution < 1.29 is 9.53 Å². The Morgan fingerprint density at radius 2 is 2.21 bits per heavy atom. The molecular weight excluding hydrogens is 246 g/mol. The second-order valence-electron chi connectivity index (χ2n) is 2.83. The molecule has 14 heavy (non-hydrogen) atoms. The molecule has 0 radical (unpaired) electrons. The van der Waals surface area contributed by atoms with Gasteiger partial charge in [0.25, 0.3) is 0 Å². The largest absolute Gasteiger partial charge is 0.468 e. The van der Waals surface area contributed by atoms with Gasteiger partial charge in [0.05, 0.1) is 7.11 Å². The Morgan fingerprint density at radius 1 is 1.57 bits per heavy atom. The highest BCUT2D eigenvalue weighted by atomic mass is 79.9. The molecule has 1 unspecified atom stereocenters. The SMILES string of the molecule is COC(=O)C(N)c1ccccc1CBr. The number of hydrogen-bond donors (Lipinski definition) is 1. The Morgan fingerprint density at radius 3 is 2.79 bits per heavy atom. The smallest absolute Gasteiger partial charge is 0.327 e. The molecule has 0 saturated carbocycles. The highest BCUT2D eigenvalue weighted by Gasteiger charge is 2.18. The number of hydrogen-bond acceptors (Lipinski definition) is 3. The van der Waals surface area contributed by atoms with E-state index in [1.54, 1.807) is 0 Å². The van der Waals surface area contributed by atoms with Gasteiger partial charge in [-0.1, -0.05) is 40.2 Å². The van der Waals surface area contributed by atoms with Crippen LogP contribution >= 0.6 is 15.9 Å². The lowest BCUT2D eigenvalue weighted by atomic mass is 10.0. The molecule has 1 aromatic carbocycles. The summed E-state index contributed by atoms with van der Waals surface area (Å²) >= 11 is 3.34. The van der Waals surface area contributed by atoms with Crippen molar-refractivity contribution >= 4 is 21.9 Å². The van der Waals surface area contributed by atoms with Crippen molar-refractivity contribution in [1.29, 1.82) is 0 Å². The summed E-state index contributed by atoms with van der Waals surface area (Å²) in [6.45, 7) is 0. The number of carbonyl (C=O) groups excluding carboxylic acids is 1. The van der Waals surface area contributed by atoms with E-state index in [4.69, 9.17) is 5.73 Å². The van der Waals surface area contributed by atoms with Crippen LogP contribution in [0.4, 0.5) is 0 Å². The Hall–Kier alpha value is -0.870. The third kappa shape index (κ3) is 2.33. The molecule has 0 saturated heterocycles. The first-order chi connectivity index (χ1) is 6.70. The second kappa shape index (κ2) is 5.12. The maximum atomic E-state index is 11.2. The molecule has 2 N–H and O–H groups in total. The van der Waals surface area contributed by atoms with Crippen molar-refractivity contribution in [3.63, 3.8) is 0 Å². The lowest BCUT2D eigenvalue weighted by Gasteiger charge is -2.12. The van der Waals surface area contributed by atoms with Crippen LogP contribution in [0.5, 0.6) is 0 Å². The monoisotopic (exact) mass is 257 g/mol. The average Bonchev–Trinajstić information content (AvgIpc) is 2.26. The fourth-order valence-corrected chi connectivity index (χ4v) is 1.72. The summed E-state index contributed by atoms with van der Waals surface area (Å²) in [4.78, 5) is 11.2. The molecule has 3 nitrogen and oxygen atoms in total. The van der Waals surface area contributed by atoms with E-state index in [1.165, 1.54) is 7.11 Å². The lowest BCUT2D eigenvalue weighted by molar-refractivity contribution is -0.142. The maximum absolute atomic E-state index is 11.2. The van der Waals surface area contributed by atoms with E-state index in [2.05, 4.69) is 20.7 Å². The van der Waals surface area contributed by atoms with E-state index in [9.17, 15) is 4.79 Å². The normalized spacial score (nSPS) is 12.2. The molecule has 0 amide bonds. The van der Waals surface area contributed by atoms with Crippen molar-refractivity contribution in [1.82, 2.24) is 0 Å². The van der Waals surface area contributed by atoms with E-state index < -0.39 is 12.0 Å². The summed E-state index contributed by atoms with van der Waals surface area (Å²) in [6, 6.07) is 6.81. The minimum absolute atomic E-state index is 0.418. The van der Waals surface area contributed by atoms with E-state index in [0.717, 1.165) is 11.1 Å². The Kier molecular flexibility index (Phi) is 4.10. The van der Waals surface area contributed by atoms with Crippen LogP contribution in [-0.4, -0.2) is 13.1 Å². The number of benzene rings is 1. The van der Waals surface area contributed by atoms with E-state index >= 15 is 0 Å². The molecular formula is C10H12BrNO2. The summed E-state index contributed by atoms with van der Waals surface area (Å²) in [7, 11) is 1.33. The Balaban J connectivity index is 2.99. The summed E-state index contributed by atoms with van der Waals surface area (Å²) in [5.74, 6) is -0.418. The average molecular weight is 258 g/mol. The molecule has 76 valence electrons. The predicted molar refractivity (Wildman–Crippen MR) is 58.0 cm³/mol. The van der Waals surface area contributed by atoms with Gasteiger partial charge in [-0.3, -0.25) is 4.79 Å². The van der Waals surface area contributed by atoms with Crippen LogP contribution in [0.3, 0.4) is 0 Å². The Bertz CT molecular complexity index is 328. The topological polar surface area (TPSA) is 52.3 Å². The lowest BCUT2D eigenvalue weighted by Crippen LogP contribution is -2.23. The molecule has 0 aliphatic rings. The summed E-state index contributed by atoms with van der Waals surface area (Å²) < 4.78 is 4.59. The zero-order chi connectivity index (χ0) is 10.6. The van der Waals surface area contributed by atoms with Crippen LogP contribution in [0.2, 0.25) is 0 Å². The van der Waals surface area contributed by atoms with Crippen LogP contribution < -0.4 is 5.73 Å². The van der Waals surface area contributed by atoms with Crippen LogP contribution in [0.1, 0.15) is 17.2 Å². The number of halogens is 1. The molecule has 0 heterocycles. The van der Waals surface area contributed by atoms with Gasteiger partial charge < -0.3 is 10.5 Å². The van der Waals surface area contributed by atoms with Crippen LogP contribution in [-0.2, 0) is 14.9 Å². The van der Waals surface area contributed by atoms with Gasteiger partial charge in [-0.2, -0.15) is 0 Å². The third-order valence-electron chi connectivity index (χ3n) is 1.99. The van der Waals surface area contributed by atoms with Gasteiger partial charge in [0.2, 0.25) is 0 Å². The molecule has 0 aromatic heterocycles. The number of carbonyl (C=O) groups is 1. The van der Waals surface area contributed by atoms with E-state index in [1.807, 2.05) is 24.3 Å². The zero-order valence-electron chi connectivity index (χ0n) is 7.87. The molecule has 1 rings (SSSR count). The first-order valence-electron chi connectivity index (χ1n) is 4.18. The second-order valence-corrected chi connectivity index (χ2v) is 3.39. The molecule has 1 atom stereocenters. The predicted octanol–water partition coefficient (Wildman–Crippen LogP) is 1.75. The number of ether oxygens (including phenoxy) is 1. The fourth-order valence-electron chi connectivity index (χ4n) is 1.21. The van der Waals surface area contributed by atoms with Crippen molar-refractivity contribution in [2.24, 2.45) is 5.73 Å². The summed E-state index contributed by atoms with van der Waals surface area (Å²) in [5.41, 5.74) is 7.54. The summed E-state index contributed by atoms with van der Waals surface area (Å²) in [5, 5.41) is 0.674. The zero-order valence-corrected chi connectivity index (χ0v) is 9.45. The number of nitrogens with two attached hydrogens (primary N) is 1. The molecule has 0 bridgehead atoms. The minimum atomic E-state index is -0.700. The van der Waals surface area contributed by atoms with Gasteiger partial charge in [0.1, 0.15) is 6.04 Å². The number of methoxy groups -OCH3 is 1. The van der Waals surface area contributed by atoms with Gasteiger partial charge in [0.15, 0.2) is 0 Å². The van der Waals surface area contributed by atoms with Crippen molar-refractivity contribution in [3.8, 4) is 0 Å². The van der Waals surface area contributed by atoms with Gasteiger partial charge in [-0.25, -0.2) is 0 Å². The van der Waals surface area contributed by atoms with Gasteiger partial charge >= 0.3 is 5.97 Å². The number of alkyl halides is 1. The quantitative estimate of drug-likeness (QED) is 0.663. The minimum Gasteiger partial charge on any atom is -0.468 e. The highest BCUT2D eigenvalue weighted by Crippen LogP contribution is 2.19. The molecule has 0 fully saturated rings. The standard InChI is InChI=1S/C10H12BrNO2/c1-14-10(13)9(12)8-5-3-2-4-7(8)6-11/h2-5,9H,6,12H2,1H3. The van der Waals surface area contributed by atoms with Crippen LogP contribution in [0.25, 0.3) is 0 Å². The molecule has 1 aromatic rings. The third-order valence-corrected chi connectivity index (χ3v) is 2.59. The Labute approximate surface area is 91.4 Å². The molecule has 0 aliphatic carbocycles. The first kappa shape index (κ1) is 11.2. The van der Waals surface area contributed by atoms with E-state index in [-0.39, 0.29) is 0 Å². The van der Waals surface area contributed by atoms with Gasteiger partial charge in [-0.05, 0) is 11.1 Å². The van der Waals surface area contributed by atoms with Crippen LogP contribution in [0.15, 0.2) is 24.3 Å². The van der Waals surface area contributed by atoms with Gasteiger partial charge in [0, 0.05) is 5.33 Å². The molecule has 4 heteroatoms. The summed E-state index contributed by atoms with van der Waals surface area (Å²) in [6.07, 6.45) is 0. The highest BCUT2D eigenvalue weighted by molar-refractivity contribution is 9.08. The fraction of sp³-hybridized carbons (Fsp3) is 0.300. The molecule has 0 spiro atoms. The van der Waals surface area contributed by atoms with Crippen LogP contribution in [0, 0.1) is 0 Å². The van der Waals surface area contributed by atoms with Crippen molar-refractivity contribution in [3.05, 3.63) is 35.4 Å². The molecule has 0 aliphatic heterocycles. The number of rotatable bonds is 3.